The molecule has 4 unspecified atom stereocenters. The molecule has 2 bridgehead atoms. The van der Waals surface area contributed by atoms with Crippen molar-refractivity contribution in [2.45, 2.75) is 59.3 Å². The van der Waals surface area contributed by atoms with Crippen LogP contribution in [0.25, 0.3) is 0 Å². The Kier molecular flexibility index (Phi) is 4.90. The Morgan fingerprint density at radius 1 is 1.12 bits per heavy atom. The maximum atomic E-state index is 3.57. The lowest BCUT2D eigenvalue weighted by atomic mass is 9.82. The molecule has 2 aliphatic rings. The predicted octanol–water partition coefficient (Wildman–Crippen LogP) is 4.08. The van der Waals surface area contributed by atoms with Gasteiger partial charge in [0.25, 0.3) is 0 Å². The molecule has 0 aromatic rings. The van der Waals surface area contributed by atoms with Gasteiger partial charge in [-0.1, -0.05) is 27.2 Å². The summed E-state index contributed by atoms with van der Waals surface area (Å²) in [5.74, 6) is 5.05. The molecule has 4 atom stereocenters. The number of fused-ring (bicyclic) bond motifs is 2. The first-order valence-corrected chi connectivity index (χ1v) is 7.85. The van der Waals surface area contributed by atoms with E-state index in [-0.39, 0.29) is 0 Å². The van der Waals surface area contributed by atoms with E-state index in [0.29, 0.717) is 0 Å². The molecule has 0 aromatic carbocycles. The van der Waals surface area contributed by atoms with Crippen molar-refractivity contribution >= 4 is 0 Å². The number of hydrogen-bond donors (Lipinski definition) is 1. The molecule has 0 aliphatic heterocycles. The minimum absolute atomic E-state index is 0.788. The van der Waals surface area contributed by atoms with E-state index in [1.165, 1.54) is 25.9 Å². The number of nitrogens with one attached hydrogen (secondary N) is 1. The van der Waals surface area contributed by atoms with Crippen molar-refractivity contribution in [3.63, 3.8) is 0 Å². The summed E-state index contributed by atoms with van der Waals surface area (Å²) in [6, 6.07) is 0. The Morgan fingerprint density at radius 3 is 2.53 bits per heavy atom. The zero-order valence-electron chi connectivity index (χ0n) is 12.0. The van der Waals surface area contributed by atoms with Crippen molar-refractivity contribution in [1.82, 2.24) is 5.32 Å². The molecular formula is C16H31N. The highest BCUT2D eigenvalue weighted by Gasteiger charge is 2.39. The van der Waals surface area contributed by atoms with Gasteiger partial charge in [-0.2, -0.15) is 0 Å². The third-order valence-corrected chi connectivity index (χ3v) is 4.96. The van der Waals surface area contributed by atoms with Crippen LogP contribution in [0.5, 0.6) is 0 Å². The molecule has 1 nitrogen and oxygen atoms in total. The van der Waals surface area contributed by atoms with Gasteiger partial charge in [0, 0.05) is 0 Å². The average molecular weight is 237 g/mol. The van der Waals surface area contributed by atoms with Crippen LogP contribution in [0.3, 0.4) is 0 Å². The lowest BCUT2D eigenvalue weighted by molar-refractivity contribution is 0.267. The van der Waals surface area contributed by atoms with Crippen molar-refractivity contribution in [2.24, 2.45) is 29.6 Å². The molecule has 0 heterocycles. The molecule has 2 saturated carbocycles. The molecule has 2 fully saturated rings. The fourth-order valence-electron chi connectivity index (χ4n) is 4.04. The minimum atomic E-state index is 0.788. The standard InChI is InChI=1S/C16H31N/c1-12(2)11-17-7-6-13(3)8-16-10-14-4-5-15(16)9-14/h12-17H,4-11H2,1-3H3. The molecule has 0 amide bonds. The first-order chi connectivity index (χ1) is 8.15. The maximum Gasteiger partial charge on any atom is -0.00258 e. The molecule has 0 radical (unpaired) electrons. The Bertz CT molecular complexity index is 224. The highest BCUT2D eigenvalue weighted by Crippen LogP contribution is 2.50. The molecular weight excluding hydrogens is 206 g/mol. The van der Waals surface area contributed by atoms with Crippen LogP contribution in [0.4, 0.5) is 0 Å². The zero-order valence-corrected chi connectivity index (χ0v) is 12.0. The van der Waals surface area contributed by atoms with E-state index in [0.717, 1.165) is 29.6 Å². The van der Waals surface area contributed by atoms with Crippen LogP contribution in [-0.2, 0) is 0 Å². The predicted molar refractivity (Wildman–Crippen MR) is 75.0 cm³/mol. The van der Waals surface area contributed by atoms with E-state index in [1.807, 2.05) is 0 Å². The molecule has 17 heavy (non-hydrogen) atoms. The molecule has 0 aromatic heterocycles. The summed E-state index contributed by atoms with van der Waals surface area (Å²) in [4.78, 5) is 0. The summed E-state index contributed by atoms with van der Waals surface area (Å²) in [5, 5.41) is 3.57. The number of hydrogen-bond acceptors (Lipinski definition) is 1. The van der Waals surface area contributed by atoms with Crippen molar-refractivity contribution in [1.29, 1.82) is 0 Å². The lowest BCUT2D eigenvalue weighted by Gasteiger charge is -2.25. The van der Waals surface area contributed by atoms with Crippen LogP contribution in [0, 0.1) is 29.6 Å². The van der Waals surface area contributed by atoms with Crippen LogP contribution >= 0.6 is 0 Å². The normalized spacial score (nSPS) is 33.5. The van der Waals surface area contributed by atoms with Gasteiger partial charge in [-0.3, -0.25) is 0 Å². The third kappa shape index (κ3) is 3.98. The molecule has 0 saturated heterocycles. The minimum Gasteiger partial charge on any atom is -0.316 e. The summed E-state index contributed by atoms with van der Waals surface area (Å²) in [7, 11) is 0. The molecule has 1 heteroatoms. The fourth-order valence-corrected chi connectivity index (χ4v) is 4.04. The second-order valence-electron chi connectivity index (χ2n) is 7.16. The van der Waals surface area contributed by atoms with E-state index in [9.17, 15) is 0 Å². The van der Waals surface area contributed by atoms with Crippen LogP contribution in [0.15, 0.2) is 0 Å². The lowest BCUT2D eigenvalue weighted by Crippen LogP contribution is -2.23. The smallest absolute Gasteiger partial charge is 0.00258 e. The van der Waals surface area contributed by atoms with Gasteiger partial charge in [0.1, 0.15) is 0 Å². The molecule has 2 rings (SSSR count). The van der Waals surface area contributed by atoms with Gasteiger partial charge in [-0.05, 0) is 74.8 Å². The molecule has 1 N–H and O–H groups in total. The second kappa shape index (κ2) is 6.22. The summed E-state index contributed by atoms with van der Waals surface area (Å²) in [6.07, 6.45) is 9.11. The van der Waals surface area contributed by atoms with E-state index < -0.39 is 0 Å². The van der Waals surface area contributed by atoms with Gasteiger partial charge in [0.15, 0.2) is 0 Å². The molecule has 0 spiro atoms. The summed E-state index contributed by atoms with van der Waals surface area (Å²) < 4.78 is 0. The van der Waals surface area contributed by atoms with Gasteiger partial charge in [0.2, 0.25) is 0 Å². The van der Waals surface area contributed by atoms with Crippen molar-refractivity contribution < 1.29 is 0 Å². The van der Waals surface area contributed by atoms with E-state index in [4.69, 9.17) is 0 Å². The van der Waals surface area contributed by atoms with Gasteiger partial charge in [0.05, 0.1) is 0 Å². The van der Waals surface area contributed by atoms with Gasteiger partial charge >= 0.3 is 0 Å². The quantitative estimate of drug-likeness (QED) is 0.658. The highest BCUT2D eigenvalue weighted by molar-refractivity contribution is 4.90. The van der Waals surface area contributed by atoms with Crippen molar-refractivity contribution in [3.05, 3.63) is 0 Å². The Balaban J connectivity index is 1.56. The highest BCUT2D eigenvalue weighted by atomic mass is 14.8. The SMILES string of the molecule is CC(C)CNCCC(C)CC1CC2CCC1C2. The van der Waals surface area contributed by atoms with Gasteiger partial charge in [-0.25, -0.2) is 0 Å². The first kappa shape index (κ1) is 13.4. The van der Waals surface area contributed by atoms with Crippen LogP contribution < -0.4 is 5.32 Å². The van der Waals surface area contributed by atoms with Crippen molar-refractivity contribution in [3.8, 4) is 0 Å². The van der Waals surface area contributed by atoms with Gasteiger partial charge in [-0.15, -0.1) is 0 Å². The largest absolute Gasteiger partial charge is 0.316 e. The Labute approximate surface area is 108 Å². The Morgan fingerprint density at radius 2 is 1.94 bits per heavy atom. The third-order valence-electron chi connectivity index (χ3n) is 4.96. The second-order valence-corrected chi connectivity index (χ2v) is 7.16. The molecule has 100 valence electrons. The van der Waals surface area contributed by atoms with E-state index >= 15 is 0 Å². The molecule has 2 aliphatic carbocycles. The first-order valence-electron chi connectivity index (χ1n) is 7.85. The van der Waals surface area contributed by atoms with E-state index in [2.05, 4.69) is 26.1 Å². The van der Waals surface area contributed by atoms with Crippen LogP contribution in [0.1, 0.15) is 59.3 Å². The maximum absolute atomic E-state index is 3.57. The van der Waals surface area contributed by atoms with Crippen molar-refractivity contribution in [2.75, 3.05) is 13.1 Å². The monoisotopic (exact) mass is 237 g/mol. The van der Waals surface area contributed by atoms with Crippen LogP contribution in [-0.4, -0.2) is 13.1 Å². The summed E-state index contributed by atoms with van der Waals surface area (Å²) in [5.41, 5.74) is 0. The zero-order chi connectivity index (χ0) is 12.3. The average Bonchev–Trinajstić information content (AvgIpc) is 2.86. The van der Waals surface area contributed by atoms with Gasteiger partial charge < -0.3 is 5.32 Å². The van der Waals surface area contributed by atoms with Crippen LogP contribution in [0.2, 0.25) is 0 Å². The fraction of sp³-hybridized carbons (Fsp3) is 1.00. The Hall–Kier alpha value is -0.0400. The summed E-state index contributed by atoms with van der Waals surface area (Å²) >= 11 is 0. The topological polar surface area (TPSA) is 12.0 Å². The van der Waals surface area contributed by atoms with E-state index in [1.54, 1.807) is 25.7 Å². The summed E-state index contributed by atoms with van der Waals surface area (Å²) in [6.45, 7) is 9.43. The number of rotatable bonds is 7.